The molecular weight excluding hydrogens is 292 g/mol. The lowest BCUT2D eigenvalue weighted by Gasteiger charge is -2.21. The van der Waals surface area contributed by atoms with Crippen molar-refractivity contribution in [3.05, 3.63) is 34.6 Å². The highest BCUT2D eigenvalue weighted by molar-refractivity contribution is 5.81. The van der Waals surface area contributed by atoms with Crippen LogP contribution in [0.4, 0.5) is 5.95 Å². The molecule has 1 aliphatic carbocycles. The average Bonchev–Trinajstić information content (AvgIpc) is 2.60. The summed E-state index contributed by atoms with van der Waals surface area (Å²) in [5.41, 5.74) is 6.09. The fraction of sp³-hybridized carbons (Fsp3) is 0.471. The molecule has 1 amide bonds. The number of benzene rings is 1. The van der Waals surface area contributed by atoms with Gasteiger partial charge in [0, 0.05) is 12.5 Å². The number of nitrogens with zero attached hydrogens (tertiary/aromatic N) is 2. The number of hydrazine groups is 1. The molecule has 1 heterocycles. The van der Waals surface area contributed by atoms with Crippen LogP contribution >= 0.6 is 0 Å². The van der Waals surface area contributed by atoms with Crippen LogP contribution < -0.4 is 16.4 Å². The number of carbonyl (C=O) groups is 1. The summed E-state index contributed by atoms with van der Waals surface area (Å²) in [6, 6.07) is 7.23. The zero-order valence-corrected chi connectivity index (χ0v) is 13.3. The van der Waals surface area contributed by atoms with Crippen molar-refractivity contribution >= 4 is 22.8 Å². The first-order chi connectivity index (χ1) is 11.2. The maximum Gasteiger partial charge on any atom is 0.262 e. The maximum atomic E-state index is 12.5. The summed E-state index contributed by atoms with van der Waals surface area (Å²) in [5, 5.41) is 0.582. The van der Waals surface area contributed by atoms with Crippen LogP contribution in [0.15, 0.2) is 29.1 Å². The van der Waals surface area contributed by atoms with Gasteiger partial charge < -0.3 is 0 Å². The molecule has 0 saturated heterocycles. The minimum absolute atomic E-state index is 0.0187. The third kappa shape index (κ3) is 3.21. The summed E-state index contributed by atoms with van der Waals surface area (Å²) >= 11 is 0. The molecule has 0 unspecified atom stereocenters. The SMILES string of the molecule is CCn1c(NNC(=O)C2CCCCC2)nc2ccccc2c1=O. The first-order valence-electron chi connectivity index (χ1n) is 8.26. The molecule has 0 radical (unpaired) electrons. The van der Waals surface area contributed by atoms with Gasteiger partial charge in [-0.15, -0.1) is 0 Å². The normalized spacial score (nSPS) is 15.5. The molecule has 1 aromatic carbocycles. The van der Waals surface area contributed by atoms with Gasteiger partial charge in [-0.25, -0.2) is 4.98 Å². The van der Waals surface area contributed by atoms with E-state index in [1.54, 1.807) is 12.1 Å². The van der Waals surface area contributed by atoms with Gasteiger partial charge in [0.1, 0.15) is 0 Å². The van der Waals surface area contributed by atoms with E-state index in [2.05, 4.69) is 15.8 Å². The van der Waals surface area contributed by atoms with Gasteiger partial charge in [0.2, 0.25) is 11.9 Å². The molecule has 1 fully saturated rings. The summed E-state index contributed by atoms with van der Waals surface area (Å²) in [5.74, 6) is 0.411. The fourth-order valence-electron chi connectivity index (χ4n) is 3.14. The van der Waals surface area contributed by atoms with Crippen molar-refractivity contribution in [1.82, 2.24) is 15.0 Å². The van der Waals surface area contributed by atoms with Crippen LogP contribution in [0, 0.1) is 5.92 Å². The Balaban J connectivity index is 1.81. The van der Waals surface area contributed by atoms with Crippen LogP contribution in [-0.2, 0) is 11.3 Å². The number of carbonyl (C=O) groups excluding carboxylic acids is 1. The van der Waals surface area contributed by atoms with Gasteiger partial charge >= 0.3 is 0 Å². The number of rotatable bonds is 4. The number of para-hydroxylation sites is 1. The number of hydrogen-bond donors (Lipinski definition) is 2. The Morgan fingerprint density at radius 2 is 2.00 bits per heavy atom. The van der Waals surface area contributed by atoms with Crippen molar-refractivity contribution in [2.45, 2.75) is 45.6 Å². The van der Waals surface area contributed by atoms with Crippen molar-refractivity contribution in [1.29, 1.82) is 0 Å². The smallest absolute Gasteiger partial charge is 0.262 e. The lowest BCUT2D eigenvalue weighted by Crippen LogP contribution is -2.38. The van der Waals surface area contributed by atoms with E-state index in [9.17, 15) is 9.59 Å². The van der Waals surface area contributed by atoms with Gasteiger partial charge in [0.25, 0.3) is 5.56 Å². The standard InChI is InChI=1S/C17H22N4O2/c1-2-21-16(23)13-10-6-7-11-14(13)18-17(21)20-19-15(22)12-8-4-3-5-9-12/h6-7,10-12H,2-5,8-9H2,1H3,(H,18,20)(H,19,22). The minimum atomic E-state index is -0.104. The Morgan fingerprint density at radius 1 is 1.26 bits per heavy atom. The predicted octanol–water partition coefficient (Wildman–Crippen LogP) is 2.44. The topological polar surface area (TPSA) is 76.0 Å². The number of nitrogens with one attached hydrogen (secondary N) is 2. The molecular formula is C17H22N4O2. The van der Waals surface area contributed by atoms with E-state index in [4.69, 9.17) is 0 Å². The van der Waals surface area contributed by atoms with Crippen LogP contribution in [0.3, 0.4) is 0 Å². The van der Waals surface area contributed by atoms with Crippen LogP contribution in [0.2, 0.25) is 0 Å². The summed E-state index contributed by atoms with van der Waals surface area (Å²) in [4.78, 5) is 29.2. The molecule has 0 atom stereocenters. The zero-order valence-electron chi connectivity index (χ0n) is 13.3. The van der Waals surface area contributed by atoms with E-state index < -0.39 is 0 Å². The Labute approximate surface area is 134 Å². The maximum absolute atomic E-state index is 12.5. The number of fused-ring (bicyclic) bond motifs is 1. The lowest BCUT2D eigenvalue weighted by molar-refractivity contribution is -0.125. The fourth-order valence-corrected chi connectivity index (χ4v) is 3.14. The van der Waals surface area contributed by atoms with E-state index in [0.29, 0.717) is 23.4 Å². The molecule has 23 heavy (non-hydrogen) atoms. The van der Waals surface area contributed by atoms with E-state index in [-0.39, 0.29) is 17.4 Å². The van der Waals surface area contributed by atoms with E-state index in [0.717, 1.165) is 25.7 Å². The Hall–Kier alpha value is -2.37. The molecule has 0 bridgehead atoms. The van der Waals surface area contributed by atoms with Gasteiger partial charge in [-0.1, -0.05) is 31.4 Å². The second kappa shape index (κ2) is 6.81. The zero-order chi connectivity index (χ0) is 16.2. The van der Waals surface area contributed by atoms with Gasteiger partial charge in [-0.3, -0.25) is 25.0 Å². The summed E-state index contributed by atoms with van der Waals surface area (Å²) < 4.78 is 1.53. The van der Waals surface area contributed by atoms with Gasteiger partial charge in [-0.05, 0) is 31.9 Å². The summed E-state index contributed by atoms with van der Waals surface area (Å²) in [7, 11) is 0. The first kappa shape index (κ1) is 15.5. The highest BCUT2D eigenvalue weighted by atomic mass is 16.2. The molecule has 1 aromatic heterocycles. The molecule has 2 aromatic rings. The Kier molecular flexibility index (Phi) is 4.60. The monoisotopic (exact) mass is 314 g/mol. The average molecular weight is 314 g/mol. The van der Waals surface area contributed by atoms with Crippen LogP contribution in [0.25, 0.3) is 10.9 Å². The number of amides is 1. The second-order valence-corrected chi connectivity index (χ2v) is 5.95. The van der Waals surface area contributed by atoms with Gasteiger partial charge in [0.05, 0.1) is 10.9 Å². The Morgan fingerprint density at radius 3 is 2.74 bits per heavy atom. The number of aromatic nitrogens is 2. The number of hydrogen-bond acceptors (Lipinski definition) is 4. The van der Waals surface area contributed by atoms with E-state index >= 15 is 0 Å². The van der Waals surface area contributed by atoms with Crippen molar-refractivity contribution in [3.63, 3.8) is 0 Å². The number of anilines is 1. The highest BCUT2D eigenvalue weighted by Crippen LogP contribution is 2.23. The van der Waals surface area contributed by atoms with E-state index in [1.165, 1.54) is 11.0 Å². The third-order valence-electron chi connectivity index (χ3n) is 4.45. The first-order valence-corrected chi connectivity index (χ1v) is 8.26. The molecule has 3 rings (SSSR count). The van der Waals surface area contributed by atoms with Crippen LogP contribution in [0.5, 0.6) is 0 Å². The molecule has 6 heteroatoms. The van der Waals surface area contributed by atoms with Gasteiger partial charge in [0.15, 0.2) is 0 Å². The van der Waals surface area contributed by atoms with Crippen LogP contribution in [-0.4, -0.2) is 15.5 Å². The van der Waals surface area contributed by atoms with Crippen LogP contribution in [0.1, 0.15) is 39.0 Å². The minimum Gasteiger partial charge on any atom is -0.277 e. The van der Waals surface area contributed by atoms with E-state index in [1.807, 2.05) is 19.1 Å². The van der Waals surface area contributed by atoms with Crippen molar-refractivity contribution < 1.29 is 4.79 Å². The quantitative estimate of drug-likeness (QED) is 0.850. The summed E-state index contributed by atoms with van der Waals surface area (Å²) in [6.07, 6.45) is 5.27. The van der Waals surface area contributed by atoms with Gasteiger partial charge in [-0.2, -0.15) is 0 Å². The highest BCUT2D eigenvalue weighted by Gasteiger charge is 2.21. The summed E-state index contributed by atoms with van der Waals surface area (Å²) in [6.45, 7) is 2.37. The van der Waals surface area contributed by atoms with Crippen molar-refractivity contribution in [3.8, 4) is 0 Å². The molecule has 2 N–H and O–H groups in total. The lowest BCUT2D eigenvalue weighted by atomic mass is 9.89. The molecule has 1 saturated carbocycles. The van der Waals surface area contributed by atoms with Crippen molar-refractivity contribution in [2.24, 2.45) is 5.92 Å². The largest absolute Gasteiger partial charge is 0.277 e. The molecule has 0 spiro atoms. The molecule has 6 nitrogen and oxygen atoms in total. The van der Waals surface area contributed by atoms with Crippen molar-refractivity contribution in [2.75, 3.05) is 5.43 Å². The molecule has 1 aliphatic rings. The Bertz CT molecular complexity index is 763. The molecule has 122 valence electrons. The molecule has 0 aliphatic heterocycles. The predicted molar refractivity (Wildman–Crippen MR) is 90.0 cm³/mol. The third-order valence-corrected chi connectivity index (χ3v) is 4.45. The second-order valence-electron chi connectivity index (χ2n) is 5.95.